The molecule has 1 rings (SSSR count). The number of hydrogen-bond donors (Lipinski definition) is 4. The van der Waals surface area contributed by atoms with Crippen LogP contribution < -0.4 is 22.5 Å². The van der Waals surface area contributed by atoms with Gasteiger partial charge in [-0.3, -0.25) is 0 Å². The first kappa shape index (κ1) is 14.3. The third-order valence-corrected chi connectivity index (χ3v) is 3.17. The minimum absolute atomic E-state index is 0.525. The standard InChI is InChI=1S/C11H20N6S/c1-15-9(13)7-6-8(12)4-2-3-5-10-16-17-11(14)18-10/h6-7,15H,2-5,12-13H2,1H3,(H2,14,17)/b8-6-,9-7+. The van der Waals surface area contributed by atoms with E-state index >= 15 is 0 Å². The second-order valence-electron chi connectivity index (χ2n) is 3.85. The number of aromatic nitrogens is 2. The van der Waals surface area contributed by atoms with E-state index < -0.39 is 0 Å². The zero-order valence-electron chi connectivity index (χ0n) is 10.5. The van der Waals surface area contributed by atoms with Gasteiger partial charge in [0.25, 0.3) is 0 Å². The molecule has 1 heterocycles. The average molecular weight is 268 g/mol. The van der Waals surface area contributed by atoms with Crippen molar-refractivity contribution in [3.8, 4) is 0 Å². The van der Waals surface area contributed by atoms with Gasteiger partial charge in [-0.25, -0.2) is 0 Å². The third kappa shape index (κ3) is 5.53. The molecule has 18 heavy (non-hydrogen) atoms. The molecule has 0 spiro atoms. The van der Waals surface area contributed by atoms with E-state index in [0.29, 0.717) is 11.0 Å². The molecule has 7 heteroatoms. The van der Waals surface area contributed by atoms with E-state index in [-0.39, 0.29) is 0 Å². The fraction of sp³-hybridized carbons (Fsp3) is 0.455. The van der Waals surface area contributed by atoms with Gasteiger partial charge in [0.05, 0.1) is 5.82 Å². The molecule has 0 amide bonds. The van der Waals surface area contributed by atoms with Gasteiger partial charge in [0.2, 0.25) is 5.13 Å². The van der Waals surface area contributed by atoms with Crippen LogP contribution in [0, 0.1) is 0 Å². The molecule has 0 aliphatic carbocycles. The summed E-state index contributed by atoms with van der Waals surface area (Å²) in [6.07, 6.45) is 7.37. The predicted molar refractivity (Wildman–Crippen MR) is 75.5 cm³/mol. The topological polar surface area (TPSA) is 116 Å². The van der Waals surface area contributed by atoms with Gasteiger partial charge in [-0.05, 0) is 31.4 Å². The molecule has 0 bridgehead atoms. The van der Waals surface area contributed by atoms with Gasteiger partial charge in [-0.15, -0.1) is 10.2 Å². The van der Waals surface area contributed by atoms with Crippen molar-refractivity contribution in [1.29, 1.82) is 0 Å². The number of anilines is 1. The first-order valence-corrected chi connectivity index (χ1v) is 6.61. The summed E-state index contributed by atoms with van der Waals surface area (Å²) in [4.78, 5) is 0. The van der Waals surface area contributed by atoms with Gasteiger partial charge in [-0.1, -0.05) is 11.3 Å². The molecule has 0 atom stereocenters. The smallest absolute Gasteiger partial charge is 0.203 e. The molecule has 1 aromatic rings. The predicted octanol–water partition coefficient (Wildman–Crippen LogP) is 0.695. The molecule has 0 radical (unpaired) electrons. The summed E-state index contributed by atoms with van der Waals surface area (Å²) in [5.74, 6) is 0.599. The van der Waals surface area contributed by atoms with Crippen molar-refractivity contribution in [3.05, 3.63) is 28.7 Å². The Morgan fingerprint density at radius 2 is 2.06 bits per heavy atom. The van der Waals surface area contributed by atoms with Gasteiger partial charge < -0.3 is 22.5 Å². The molecule has 0 aliphatic heterocycles. The second kappa shape index (κ2) is 7.54. The van der Waals surface area contributed by atoms with Crippen molar-refractivity contribution in [2.24, 2.45) is 11.5 Å². The fourth-order valence-corrected chi connectivity index (χ4v) is 1.99. The van der Waals surface area contributed by atoms with Crippen LogP contribution in [0.3, 0.4) is 0 Å². The Morgan fingerprint density at radius 1 is 1.28 bits per heavy atom. The van der Waals surface area contributed by atoms with E-state index in [4.69, 9.17) is 17.2 Å². The highest BCUT2D eigenvalue weighted by Gasteiger charge is 2.00. The van der Waals surface area contributed by atoms with Crippen molar-refractivity contribution >= 4 is 16.5 Å². The molecule has 0 fully saturated rings. The highest BCUT2D eigenvalue weighted by atomic mass is 32.1. The number of nitrogens with two attached hydrogens (primary N) is 3. The molecule has 1 aromatic heterocycles. The summed E-state index contributed by atoms with van der Waals surface area (Å²) in [5.41, 5.74) is 17.8. The Bertz CT molecular complexity index is 423. The van der Waals surface area contributed by atoms with Crippen LogP contribution in [0.4, 0.5) is 5.13 Å². The van der Waals surface area contributed by atoms with Crippen molar-refractivity contribution in [2.75, 3.05) is 12.8 Å². The van der Waals surface area contributed by atoms with Crippen LogP contribution in [0.25, 0.3) is 0 Å². The molecule has 0 saturated heterocycles. The van der Waals surface area contributed by atoms with Crippen LogP contribution in [-0.4, -0.2) is 17.2 Å². The van der Waals surface area contributed by atoms with Crippen molar-refractivity contribution < 1.29 is 0 Å². The Balaban J connectivity index is 2.21. The lowest BCUT2D eigenvalue weighted by molar-refractivity contribution is 0.718. The second-order valence-corrected chi connectivity index (χ2v) is 4.95. The quantitative estimate of drug-likeness (QED) is 0.427. The first-order chi connectivity index (χ1) is 8.61. The molecule has 0 aromatic carbocycles. The van der Waals surface area contributed by atoms with Gasteiger partial charge in [0.15, 0.2) is 0 Å². The molecule has 100 valence electrons. The van der Waals surface area contributed by atoms with Crippen molar-refractivity contribution in [3.63, 3.8) is 0 Å². The van der Waals surface area contributed by atoms with Crippen molar-refractivity contribution in [1.82, 2.24) is 15.5 Å². The molecule has 0 saturated carbocycles. The monoisotopic (exact) mass is 268 g/mol. The summed E-state index contributed by atoms with van der Waals surface area (Å²) in [7, 11) is 1.77. The van der Waals surface area contributed by atoms with E-state index in [9.17, 15) is 0 Å². The zero-order valence-corrected chi connectivity index (χ0v) is 11.3. The Kier molecular flexibility index (Phi) is 5.99. The fourth-order valence-electron chi connectivity index (χ4n) is 1.34. The Hall–Kier alpha value is -1.76. The van der Waals surface area contributed by atoms with E-state index in [2.05, 4.69) is 15.5 Å². The van der Waals surface area contributed by atoms with Gasteiger partial charge >= 0.3 is 0 Å². The summed E-state index contributed by atoms with van der Waals surface area (Å²) in [6, 6.07) is 0. The van der Waals surface area contributed by atoms with E-state index in [1.807, 2.05) is 6.08 Å². The minimum atomic E-state index is 0.525. The SMILES string of the molecule is CN/C(N)=C/C=C(\N)CCCCc1nnc(N)s1. The normalized spacial score (nSPS) is 12.7. The molecular formula is C11H20N6S. The number of allylic oxidation sites excluding steroid dienone is 3. The number of hydrogen-bond acceptors (Lipinski definition) is 7. The first-order valence-electron chi connectivity index (χ1n) is 5.79. The lowest BCUT2D eigenvalue weighted by Crippen LogP contribution is -2.14. The van der Waals surface area contributed by atoms with E-state index in [1.54, 1.807) is 13.1 Å². The molecule has 6 nitrogen and oxygen atoms in total. The number of aryl methyl sites for hydroxylation is 1. The van der Waals surface area contributed by atoms with Crippen molar-refractivity contribution in [2.45, 2.75) is 25.7 Å². The lowest BCUT2D eigenvalue weighted by Gasteiger charge is -2.00. The maximum atomic E-state index is 5.85. The summed E-state index contributed by atoms with van der Waals surface area (Å²) < 4.78 is 0. The van der Waals surface area contributed by atoms with Crippen LogP contribution >= 0.6 is 11.3 Å². The van der Waals surface area contributed by atoms with Crippen LogP contribution in [0.15, 0.2) is 23.7 Å². The number of nitrogens with zero attached hydrogens (tertiary/aromatic N) is 2. The van der Waals surface area contributed by atoms with Crippen LogP contribution in [-0.2, 0) is 6.42 Å². The average Bonchev–Trinajstić information content (AvgIpc) is 2.77. The van der Waals surface area contributed by atoms with E-state index in [1.165, 1.54) is 11.3 Å². The molecule has 0 unspecified atom stereocenters. The zero-order chi connectivity index (χ0) is 13.4. The summed E-state index contributed by atoms with van der Waals surface area (Å²) in [5, 5.41) is 12.1. The van der Waals surface area contributed by atoms with E-state index in [0.717, 1.165) is 36.4 Å². The van der Waals surface area contributed by atoms with Gasteiger partial charge in [-0.2, -0.15) is 0 Å². The number of nitrogens with one attached hydrogen (secondary N) is 1. The highest BCUT2D eigenvalue weighted by Crippen LogP contribution is 2.14. The largest absolute Gasteiger partial charge is 0.402 e. The minimum Gasteiger partial charge on any atom is -0.402 e. The number of nitrogen functional groups attached to an aromatic ring is 1. The Morgan fingerprint density at radius 3 is 2.67 bits per heavy atom. The molecule has 0 aliphatic rings. The maximum Gasteiger partial charge on any atom is 0.203 e. The summed E-state index contributed by atoms with van der Waals surface area (Å²) >= 11 is 1.44. The van der Waals surface area contributed by atoms with Gasteiger partial charge in [0.1, 0.15) is 5.01 Å². The van der Waals surface area contributed by atoms with Crippen LogP contribution in [0.2, 0.25) is 0 Å². The summed E-state index contributed by atoms with van der Waals surface area (Å²) in [6.45, 7) is 0. The molecule has 7 N–H and O–H groups in total. The number of rotatable bonds is 7. The number of unbranched alkanes of at least 4 members (excludes halogenated alkanes) is 1. The molecular weight excluding hydrogens is 248 g/mol. The lowest BCUT2D eigenvalue weighted by atomic mass is 10.1. The van der Waals surface area contributed by atoms with Crippen LogP contribution in [0.1, 0.15) is 24.3 Å². The Labute approximate surface area is 111 Å². The van der Waals surface area contributed by atoms with Gasteiger partial charge in [0, 0.05) is 19.2 Å². The highest BCUT2D eigenvalue weighted by molar-refractivity contribution is 7.15. The maximum absolute atomic E-state index is 5.85. The third-order valence-electron chi connectivity index (χ3n) is 2.35. The van der Waals surface area contributed by atoms with Crippen LogP contribution in [0.5, 0.6) is 0 Å².